The van der Waals surface area contributed by atoms with Gasteiger partial charge in [-0.2, -0.15) is 0 Å². The van der Waals surface area contributed by atoms with Gasteiger partial charge in [-0.3, -0.25) is 9.59 Å². The molecule has 0 atom stereocenters. The van der Waals surface area contributed by atoms with Crippen LogP contribution in [-0.4, -0.2) is 30.0 Å². The predicted octanol–water partition coefficient (Wildman–Crippen LogP) is 4.22. The molecule has 0 unspecified atom stereocenters. The van der Waals surface area contributed by atoms with Crippen molar-refractivity contribution in [1.29, 1.82) is 0 Å². The van der Waals surface area contributed by atoms with Crippen molar-refractivity contribution in [2.45, 2.75) is 51.0 Å². The molecular weight excluding hydrogens is 394 g/mol. The molecule has 2 N–H and O–H groups in total. The highest BCUT2D eigenvalue weighted by molar-refractivity contribution is 7.80. The minimum atomic E-state index is -0.139. The van der Waals surface area contributed by atoms with Crippen molar-refractivity contribution in [2.75, 3.05) is 11.9 Å². The SMILES string of the molecule is CN(C(=S)NC(=O)CCc1ccccc1)c1ccccc1C(=O)NC1CCCCC1. The van der Waals surface area contributed by atoms with Crippen LogP contribution >= 0.6 is 12.2 Å². The van der Waals surface area contributed by atoms with E-state index in [1.807, 2.05) is 48.5 Å². The second kappa shape index (κ2) is 10.9. The number of carbonyl (C=O) groups is 2. The molecule has 158 valence electrons. The summed E-state index contributed by atoms with van der Waals surface area (Å²) in [5, 5.41) is 6.22. The molecule has 1 aliphatic rings. The molecule has 0 saturated heterocycles. The molecule has 0 aliphatic heterocycles. The van der Waals surface area contributed by atoms with Crippen molar-refractivity contribution in [3.8, 4) is 0 Å². The molecular formula is C24H29N3O2S. The van der Waals surface area contributed by atoms with Crippen LogP contribution in [0.5, 0.6) is 0 Å². The standard InChI is InChI=1S/C24H29N3O2S/c1-27(24(30)26-22(28)17-16-18-10-4-2-5-11-18)21-15-9-8-14-20(21)23(29)25-19-12-6-3-7-13-19/h2,4-5,8-11,14-15,19H,3,6-7,12-13,16-17H2,1H3,(H,25,29)(H,26,28,30). The van der Waals surface area contributed by atoms with E-state index < -0.39 is 0 Å². The third kappa shape index (κ3) is 6.13. The first-order chi connectivity index (χ1) is 14.5. The van der Waals surface area contributed by atoms with E-state index in [-0.39, 0.29) is 23.0 Å². The zero-order valence-corrected chi connectivity index (χ0v) is 18.2. The molecule has 30 heavy (non-hydrogen) atoms. The molecule has 0 spiro atoms. The average Bonchev–Trinajstić information content (AvgIpc) is 2.78. The van der Waals surface area contributed by atoms with Crippen molar-refractivity contribution in [2.24, 2.45) is 0 Å². The zero-order chi connectivity index (χ0) is 21.3. The second-order valence-electron chi connectivity index (χ2n) is 7.72. The van der Waals surface area contributed by atoms with Gasteiger partial charge in [0.15, 0.2) is 5.11 Å². The van der Waals surface area contributed by atoms with E-state index >= 15 is 0 Å². The summed E-state index contributed by atoms with van der Waals surface area (Å²) in [7, 11) is 1.77. The van der Waals surface area contributed by atoms with Crippen molar-refractivity contribution < 1.29 is 9.59 Å². The Kier molecular flexibility index (Phi) is 7.97. The third-order valence-corrected chi connectivity index (χ3v) is 5.86. The number of benzene rings is 2. The van der Waals surface area contributed by atoms with Gasteiger partial charge in [0.1, 0.15) is 0 Å². The van der Waals surface area contributed by atoms with Gasteiger partial charge in [0.2, 0.25) is 5.91 Å². The third-order valence-electron chi connectivity index (χ3n) is 5.48. The van der Waals surface area contributed by atoms with E-state index in [2.05, 4.69) is 10.6 Å². The summed E-state index contributed by atoms with van der Waals surface area (Å²) in [6.07, 6.45) is 6.61. The number of nitrogens with one attached hydrogen (secondary N) is 2. The molecule has 0 radical (unpaired) electrons. The highest BCUT2D eigenvalue weighted by Gasteiger charge is 2.21. The smallest absolute Gasteiger partial charge is 0.253 e. The van der Waals surface area contributed by atoms with Gasteiger partial charge < -0.3 is 15.5 Å². The van der Waals surface area contributed by atoms with Gasteiger partial charge >= 0.3 is 0 Å². The molecule has 0 aromatic heterocycles. The Morgan fingerprint density at radius 2 is 1.67 bits per heavy atom. The maximum atomic E-state index is 12.9. The van der Waals surface area contributed by atoms with Gasteiger partial charge in [-0.05, 0) is 49.2 Å². The monoisotopic (exact) mass is 423 g/mol. The van der Waals surface area contributed by atoms with Crippen LogP contribution in [0.1, 0.15) is 54.4 Å². The first-order valence-electron chi connectivity index (χ1n) is 10.6. The number of hydrogen-bond acceptors (Lipinski definition) is 3. The van der Waals surface area contributed by atoms with Crippen LogP contribution in [0.15, 0.2) is 54.6 Å². The maximum absolute atomic E-state index is 12.9. The normalized spacial score (nSPS) is 14.0. The van der Waals surface area contributed by atoms with Gasteiger partial charge in [0, 0.05) is 19.5 Å². The number of nitrogens with zero attached hydrogens (tertiary/aromatic N) is 1. The van der Waals surface area contributed by atoms with E-state index in [0.29, 0.717) is 24.1 Å². The van der Waals surface area contributed by atoms with Crippen LogP contribution in [0.4, 0.5) is 5.69 Å². The second-order valence-corrected chi connectivity index (χ2v) is 8.11. The quantitative estimate of drug-likeness (QED) is 0.683. The summed E-state index contributed by atoms with van der Waals surface area (Å²) in [6, 6.07) is 17.4. The van der Waals surface area contributed by atoms with E-state index in [0.717, 1.165) is 31.2 Å². The molecule has 2 aromatic carbocycles. The maximum Gasteiger partial charge on any atom is 0.253 e. The fraction of sp³-hybridized carbons (Fsp3) is 0.375. The Morgan fingerprint density at radius 1 is 1.00 bits per heavy atom. The molecule has 0 bridgehead atoms. The summed E-state index contributed by atoms with van der Waals surface area (Å²) >= 11 is 5.44. The molecule has 1 saturated carbocycles. The minimum Gasteiger partial charge on any atom is -0.349 e. The summed E-state index contributed by atoms with van der Waals surface area (Å²) < 4.78 is 0. The van der Waals surface area contributed by atoms with Crippen LogP contribution in [-0.2, 0) is 11.2 Å². The van der Waals surface area contributed by atoms with Crippen LogP contribution in [0, 0.1) is 0 Å². The summed E-state index contributed by atoms with van der Waals surface area (Å²) in [4.78, 5) is 26.9. The van der Waals surface area contributed by atoms with Crippen molar-refractivity contribution >= 4 is 34.8 Å². The Labute approximate surface area is 183 Å². The lowest BCUT2D eigenvalue weighted by Crippen LogP contribution is -2.42. The van der Waals surface area contributed by atoms with Gasteiger partial charge in [0.25, 0.3) is 5.91 Å². The lowest BCUT2D eigenvalue weighted by atomic mass is 9.95. The predicted molar refractivity (Wildman–Crippen MR) is 125 cm³/mol. The fourth-order valence-corrected chi connectivity index (χ4v) is 3.96. The van der Waals surface area contributed by atoms with Gasteiger partial charge in [-0.15, -0.1) is 0 Å². The van der Waals surface area contributed by atoms with E-state index in [1.165, 1.54) is 6.42 Å². The minimum absolute atomic E-state index is 0.0949. The molecule has 1 fully saturated rings. The Morgan fingerprint density at radius 3 is 2.40 bits per heavy atom. The Hall–Kier alpha value is -2.73. The van der Waals surface area contributed by atoms with Crippen LogP contribution in [0.3, 0.4) is 0 Å². The Bertz CT molecular complexity index is 879. The number of para-hydroxylation sites is 1. The topological polar surface area (TPSA) is 61.4 Å². The van der Waals surface area contributed by atoms with Gasteiger partial charge in [-0.1, -0.05) is 61.7 Å². The molecule has 2 aromatic rings. The van der Waals surface area contributed by atoms with E-state index in [9.17, 15) is 9.59 Å². The molecule has 0 heterocycles. The number of rotatable bonds is 6. The first-order valence-corrected chi connectivity index (χ1v) is 11.0. The van der Waals surface area contributed by atoms with E-state index in [1.54, 1.807) is 18.0 Å². The fourth-order valence-electron chi connectivity index (χ4n) is 3.75. The lowest BCUT2D eigenvalue weighted by Gasteiger charge is -2.26. The number of anilines is 1. The van der Waals surface area contributed by atoms with Crippen LogP contribution in [0.25, 0.3) is 0 Å². The van der Waals surface area contributed by atoms with Gasteiger partial charge in [0.05, 0.1) is 11.3 Å². The summed E-state index contributed by atoms with van der Waals surface area (Å²) in [5.74, 6) is -0.234. The number of thiocarbonyl (C=S) groups is 1. The number of amides is 2. The van der Waals surface area contributed by atoms with E-state index in [4.69, 9.17) is 12.2 Å². The summed E-state index contributed by atoms with van der Waals surface area (Å²) in [5.41, 5.74) is 2.35. The van der Waals surface area contributed by atoms with Crippen molar-refractivity contribution in [3.63, 3.8) is 0 Å². The summed E-state index contributed by atoms with van der Waals surface area (Å²) in [6.45, 7) is 0. The van der Waals surface area contributed by atoms with Crippen LogP contribution in [0.2, 0.25) is 0 Å². The highest BCUT2D eigenvalue weighted by atomic mass is 32.1. The lowest BCUT2D eigenvalue weighted by molar-refractivity contribution is -0.119. The molecule has 5 nitrogen and oxygen atoms in total. The average molecular weight is 424 g/mol. The van der Waals surface area contributed by atoms with Crippen molar-refractivity contribution in [3.05, 3.63) is 65.7 Å². The Balaban J connectivity index is 1.59. The van der Waals surface area contributed by atoms with Crippen LogP contribution < -0.4 is 15.5 Å². The highest BCUT2D eigenvalue weighted by Crippen LogP contribution is 2.22. The van der Waals surface area contributed by atoms with Gasteiger partial charge in [-0.25, -0.2) is 0 Å². The molecule has 3 rings (SSSR count). The van der Waals surface area contributed by atoms with Crippen molar-refractivity contribution in [1.82, 2.24) is 10.6 Å². The molecule has 6 heteroatoms. The largest absolute Gasteiger partial charge is 0.349 e. The first kappa shape index (κ1) is 22.0. The number of aryl methyl sites for hydroxylation is 1. The zero-order valence-electron chi connectivity index (χ0n) is 17.4. The molecule has 1 aliphatic carbocycles. The number of carbonyl (C=O) groups excluding carboxylic acids is 2. The number of hydrogen-bond donors (Lipinski definition) is 2. The molecule has 2 amide bonds.